The smallest absolute Gasteiger partial charge is 0.321 e. The molecule has 0 heterocycles. The van der Waals surface area contributed by atoms with Gasteiger partial charge in [-0.1, -0.05) is 39.7 Å². The Kier molecular flexibility index (Phi) is 14.3. The maximum absolute atomic E-state index is 12.1. The van der Waals surface area contributed by atoms with Crippen LogP contribution in [0.15, 0.2) is 18.2 Å². The lowest BCUT2D eigenvalue weighted by Gasteiger charge is -2.19. The van der Waals surface area contributed by atoms with Gasteiger partial charge in [-0.05, 0) is 50.3 Å². The summed E-state index contributed by atoms with van der Waals surface area (Å²) in [5.41, 5.74) is 0.573. The van der Waals surface area contributed by atoms with Crippen LogP contribution >= 0.6 is 0 Å². The summed E-state index contributed by atoms with van der Waals surface area (Å²) in [7, 11) is 0. The van der Waals surface area contributed by atoms with Crippen LogP contribution in [-0.4, -0.2) is 47.7 Å². The summed E-state index contributed by atoms with van der Waals surface area (Å²) in [5, 5.41) is 12.6. The number of benzene rings is 1. The first kappa shape index (κ1) is 30.1. The number of esters is 3. The van der Waals surface area contributed by atoms with Crippen molar-refractivity contribution in [2.45, 2.75) is 97.6 Å². The van der Waals surface area contributed by atoms with E-state index >= 15 is 0 Å². The molecule has 0 aromatic heterocycles. The van der Waals surface area contributed by atoms with E-state index in [0.717, 1.165) is 19.3 Å². The number of hydrogen-bond donors (Lipinski definition) is 2. The van der Waals surface area contributed by atoms with Crippen molar-refractivity contribution in [2.75, 3.05) is 6.54 Å². The highest BCUT2D eigenvalue weighted by Crippen LogP contribution is 2.30. The second-order valence-electron chi connectivity index (χ2n) is 8.49. The number of carboxylic acid groups (broad SMARTS) is 1. The Morgan fingerprint density at radius 1 is 0.857 bits per heavy atom. The minimum atomic E-state index is -1.07. The van der Waals surface area contributed by atoms with Crippen molar-refractivity contribution in [3.05, 3.63) is 23.8 Å². The van der Waals surface area contributed by atoms with Crippen LogP contribution in [0.2, 0.25) is 0 Å². The van der Waals surface area contributed by atoms with Gasteiger partial charge in [-0.25, -0.2) is 0 Å². The molecule has 0 saturated carbocycles. The van der Waals surface area contributed by atoms with E-state index in [4.69, 9.17) is 14.2 Å². The van der Waals surface area contributed by atoms with Gasteiger partial charge in [0, 0.05) is 25.8 Å². The van der Waals surface area contributed by atoms with Gasteiger partial charge in [0.25, 0.3) is 0 Å². The molecule has 0 aliphatic carbocycles. The van der Waals surface area contributed by atoms with Gasteiger partial charge in [0.05, 0.1) is 0 Å². The summed E-state index contributed by atoms with van der Waals surface area (Å²) in [5.74, 6) is -2.11. The van der Waals surface area contributed by atoms with Crippen LogP contribution in [-0.2, 0) is 30.3 Å². The van der Waals surface area contributed by atoms with E-state index in [2.05, 4.69) is 12.2 Å². The summed E-state index contributed by atoms with van der Waals surface area (Å²) in [6, 6.07) is 3.66. The molecule has 1 aromatic carbocycles. The van der Waals surface area contributed by atoms with Gasteiger partial charge in [-0.15, -0.1) is 0 Å². The topological polar surface area (TPSA) is 128 Å². The van der Waals surface area contributed by atoms with Gasteiger partial charge in [0.2, 0.25) is 0 Å². The molecule has 0 bridgehead atoms. The van der Waals surface area contributed by atoms with Crippen LogP contribution in [0.4, 0.5) is 0 Å². The maximum Gasteiger partial charge on any atom is 0.321 e. The molecule has 2 atom stereocenters. The van der Waals surface area contributed by atoms with Crippen molar-refractivity contribution in [3.63, 3.8) is 0 Å². The van der Waals surface area contributed by atoms with Gasteiger partial charge in [0.1, 0.15) is 12.1 Å². The van der Waals surface area contributed by atoms with Gasteiger partial charge < -0.3 is 24.6 Å². The molecule has 0 fully saturated rings. The van der Waals surface area contributed by atoms with Crippen molar-refractivity contribution >= 4 is 23.9 Å². The lowest BCUT2D eigenvalue weighted by Crippen LogP contribution is -2.42. The zero-order valence-electron chi connectivity index (χ0n) is 21.3. The molecular formula is C26H39NO8. The van der Waals surface area contributed by atoms with Gasteiger partial charge >= 0.3 is 23.9 Å². The number of ether oxygens (including phenoxy) is 3. The van der Waals surface area contributed by atoms with Crippen molar-refractivity contribution in [3.8, 4) is 11.5 Å². The lowest BCUT2D eigenvalue weighted by molar-refractivity contribution is -0.148. The minimum absolute atomic E-state index is 0.0731. The number of hydrogen-bond acceptors (Lipinski definition) is 8. The average molecular weight is 494 g/mol. The molecule has 0 radical (unpaired) electrons. The van der Waals surface area contributed by atoms with Crippen LogP contribution in [0, 0.1) is 0 Å². The van der Waals surface area contributed by atoms with E-state index < -0.39 is 30.1 Å². The number of carbonyl (C=O) groups is 4. The number of nitrogens with one attached hydrogen (secondary N) is 1. The van der Waals surface area contributed by atoms with E-state index in [0.29, 0.717) is 24.8 Å². The molecule has 2 N–H and O–H groups in total. The molecule has 0 amide bonds. The molecule has 9 nitrogen and oxygen atoms in total. The highest BCUT2D eigenvalue weighted by molar-refractivity contribution is 5.77. The summed E-state index contributed by atoms with van der Waals surface area (Å²) in [6.45, 7) is 7.61. The standard InChI is InChI=1S/C26H39NO8/c1-5-8-9-12-25(30)33-18(4)17-27-20(26(31)32)15-19-13-14-21(34-23(28)10-6-2)22(16-19)35-24(29)11-7-3/h13-14,16,18,20,27H,5-12,15,17H2,1-4H3,(H,31,32)/t18?,20-/m0/s1. The molecule has 35 heavy (non-hydrogen) atoms. The Labute approximate surface area is 207 Å². The molecule has 9 heteroatoms. The van der Waals surface area contributed by atoms with Crippen molar-refractivity contribution < 1.29 is 38.5 Å². The zero-order valence-corrected chi connectivity index (χ0v) is 21.3. The third-order valence-electron chi connectivity index (χ3n) is 5.07. The number of unbranched alkanes of at least 4 members (excludes halogenated alkanes) is 2. The first-order chi connectivity index (χ1) is 16.7. The highest BCUT2D eigenvalue weighted by Gasteiger charge is 2.21. The third kappa shape index (κ3) is 12.4. The quantitative estimate of drug-likeness (QED) is 0.186. The monoisotopic (exact) mass is 493 g/mol. The Hall–Kier alpha value is -2.94. The Bertz CT molecular complexity index is 839. The van der Waals surface area contributed by atoms with Crippen molar-refractivity contribution in [1.29, 1.82) is 0 Å². The highest BCUT2D eigenvalue weighted by atomic mass is 16.6. The number of carbonyl (C=O) groups excluding carboxylic acids is 3. The lowest BCUT2D eigenvalue weighted by atomic mass is 10.0. The molecule has 1 unspecified atom stereocenters. The van der Waals surface area contributed by atoms with Crippen LogP contribution in [0.1, 0.15) is 84.6 Å². The van der Waals surface area contributed by atoms with Crippen LogP contribution < -0.4 is 14.8 Å². The number of aliphatic carboxylic acids is 1. The van der Waals surface area contributed by atoms with Crippen LogP contribution in [0.3, 0.4) is 0 Å². The molecule has 0 aliphatic rings. The molecule has 1 aromatic rings. The summed E-state index contributed by atoms with van der Waals surface area (Å²) in [4.78, 5) is 47.7. The Balaban J connectivity index is 2.86. The van der Waals surface area contributed by atoms with Gasteiger partial charge in [0.15, 0.2) is 11.5 Å². The molecule has 0 aliphatic heterocycles. The van der Waals surface area contributed by atoms with Crippen molar-refractivity contribution in [1.82, 2.24) is 5.32 Å². The fourth-order valence-electron chi connectivity index (χ4n) is 3.23. The minimum Gasteiger partial charge on any atom is -0.480 e. The van der Waals surface area contributed by atoms with E-state index in [9.17, 15) is 24.3 Å². The third-order valence-corrected chi connectivity index (χ3v) is 5.07. The van der Waals surface area contributed by atoms with E-state index in [1.165, 1.54) is 12.1 Å². The second kappa shape index (κ2) is 16.6. The van der Waals surface area contributed by atoms with Crippen LogP contribution in [0.25, 0.3) is 0 Å². The summed E-state index contributed by atoms with van der Waals surface area (Å²) >= 11 is 0. The molecule has 1 rings (SSSR count). The molecular weight excluding hydrogens is 454 g/mol. The van der Waals surface area contributed by atoms with Gasteiger partial charge in [-0.3, -0.25) is 19.2 Å². The normalized spacial score (nSPS) is 12.5. The molecule has 0 spiro atoms. The summed E-state index contributed by atoms with van der Waals surface area (Å²) < 4.78 is 16.1. The predicted octanol–water partition coefficient (Wildman–Crippen LogP) is 4.19. The van der Waals surface area contributed by atoms with E-state index in [1.54, 1.807) is 13.0 Å². The Morgan fingerprint density at radius 3 is 2.06 bits per heavy atom. The SMILES string of the molecule is CCCCCC(=O)OC(C)CN[C@@H](Cc1ccc(OC(=O)CCC)c(OC(=O)CCC)c1)C(=O)O. The largest absolute Gasteiger partial charge is 0.480 e. The summed E-state index contributed by atoms with van der Waals surface area (Å²) in [6.07, 6.45) is 4.28. The number of rotatable bonds is 17. The first-order valence-corrected chi connectivity index (χ1v) is 12.4. The Morgan fingerprint density at radius 2 is 1.49 bits per heavy atom. The van der Waals surface area contributed by atoms with E-state index in [1.807, 2.05) is 13.8 Å². The van der Waals surface area contributed by atoms with Gasteiger partial charge in [-0.2, -0.15) is 0 Å². The fourth-order valence-corrected chi connectivity index (χ4v) is 3.23. The number of carboxylic acids is 1. The van der Waals surface area contributed by atoms with E-state index in [-0.39, 0.29) is 43.3 Å². The fraction of sp³-hybridized carbons (Fsp3) is 0.615. The zero-order chi connectivity index (χ0) is 26.2. The first-order valence-electron chi connectivity index (χ1n) is 12.4. The predicted molar refractivity (Wildman–Crippen MR) is 130 cm³/mol. The second-order valence-corrected chi connectivity index (χ2v) is 8.49. The van der Waals surface area contributed by atoms with Crippen LogP contribution in [0.5, 0.6) is 11.5 Å². The molecule has 196 valence electrons. The maximum atomic E-state index is 12.1. The average Bonchev–Trinajstić information content (AvgIpc) is 2.78. The van der Waals surface area contributed by atoms with Crippen molar-refractivity contribution in [2.24, 2.45) is 0 Å². The molecule has 0 saturated heterocycles.